The van der Waals surface area contributed by atoms with E-state index in [1.54, 1.807) is 0 Å². The smallest absolute Gasteiger partial charge is 0.325 e. The molecular weight excluding hydrogens is 314 g/mol. The first-order chi connectivity index (χ1) is 11.3. The summed E-state index contributed by atoms with van der Waals surface area (Å²) in [6.07, 6.45) is 2.04. The van der Waals surface area contributed by atoms with Crippen LogP contribution in [0.1, 0.15) is 38.7 Å². The van der Waals surface area contributed by atoms with Crippen LogP contribution in [0.2, 0.25) is 0 Å². The maximum absolute atomic E-state index is 12.5. The molecule has 1 aliphatic heterocycles. The van der Waals surface area contributed by atoms with Crippen molar-refractivity contribution in [1.29, 1.82) is 0 Å². The molecule has 3 rings (SSSR count). The lowest BCUT2D eigenvalue weighted by atomic mass is 9.77. The number of nitrogens with zero attached hydrogens (tertiary/aromatic N) is 2. The van der Waals surface area contributed by atoms with Gasteiger partial charge in [0.1, 0.15) is 11.3 Å². The number of hydrogen-bond acceptors (Lipinski definition) is 5. The van der Waals surface area contributed by atoms with Crippen LogP contribution in [0.15, 0.2) is 18.2 Å². The highest BCUT2D eigenvalue weighted by atomic mass is 16.6. The van der Waals surface area contributed by atoms with E-state index in [2.05, 4.69) is 5.32 Å². The largest absolute Gasteiger partial charge is 0.491 e. The number of hydrogen-bond donors (Lipinski definition) is 1. The molecular formula is C16H19N3O5. The molecule has 1 aliphatic carbocycles. The predicted molar refractivity (Wildman–Crippen MR) is 84.5 cm³/mol. The molecule has 1 saturated heterocycles. The Morgan fingerprint density at radius 3 is 2.58 bits per heavy atom. The fourth-order valence-electron chi connectivity index (χ4n) is 3.03. The molecule has 1 aromatic carbocycles. The number of nitrogens with one attached hydrogen (secondary N) is 1. The van der Waals surface area contributed by atoms with Crippen LogP contribution in [0.3, 0.4) is 0 Å². The van der Waals surface area contributed by atoms with E-state index in [4.69, 9.17) is 4.74 Å². The highest BCUT2D eigenvalue weighted by molar-refractivity contribution is 6.07. The van der Waals surface area contributed by atoms with E-state index in [0.717, 1.165) is 11.3 Å². The number of carbonyl (C=O) groups is 2. The highest BCUT2D eigenvalue weighted by Crippen LogP contribution is 2.38. The van der Waals surface area contributed by atoms with Crippen LogP contribution in [0.5, 0.6) is 5.75 Å². The van der Waals surface area contributed by atoms with Crippen LogP contribution >= 0.6 is 0 Å². The topological polar surface area (TPSA) is 102 Å². The normalized spacial score (nSPS) is 18.7. The van der Waals surface area contributed by atoms with Gasteiger partial charge in [0.05, 0.1) is 17.6 Å². The van der Waals surface area contributed by atoms with Crippen molar-refractivity contribution in [2.75, 3.05) is 0 Å². The zero-order valence-electron chi connectivity index (χ0n) is 13.6. The minimum absolute atomic E-state index is 0.0455. The molecule has 1 N–H and O–H groups in total. The lowest BCUT2D eigenvalue weighted by Crippen LogP contribution is -2.52. The Morgan fingerprint density at radius 2 is 2.08 bits per heavy atom. The van der Waals surface area contributed by atoms with Crippen molar-refractivity contribution in [1.82, 2.24) is 10.2 Å². The SMILES string of the molecule is CC(C)Oc1ccc([N+](=O)[O-])cc1CN1C(=O)NC2(CCC2)C1=O. The second-order valence-corrected chi connectivity index (χ2v) is 6.47. The third-order valence-electron chi connectivity index (χ3n) is 4.40. The summed E-state index contributed by atoms with van der Waals surface area (Å²) in [4.78, 5) is 36.3. The summed E-state index contributed by atoms with van der Waals surface area (Å²) in [5.41, 5.74) is -0.430. The van der Waals surface area contributed by atoms with E-state index in [1.807, 2.05) is 13.8 Å². The zero-order chi connectivity index (χ0) is 17.5. The molecule has 1 aromatic rings. The average molecular weight is 333 g/mol. The van der Waals surface area contributed by atoms with Crippen molar-refractivity contribution in [2.45, 2.75) is 51.3 Å². The highest BCUT2D eigenvalue weighted by Gasteiger charge is 2.54. The Morgan fingerprint density at radius 1 is 1.38 bits per heavy atom. The van der Waals surface area contributed by atoms with Gasteiger partial charge in [0.2, 0.25) is 0 Å². The van der Waals surface area contributed by atoms with Crippen molar-refractivity contribution in [2.24, 2.45) is 0 Å². The van der Waals surface area contributed by atoms with E-state index in [0.29, 0.717) is 24.2 Å². The van der Waals surface area contributed by atoms with Gasteiger partial charge in [0, 0.05) is 17.7 Å². The van der Waals surface area contributed by atoms with Crippen LogP contribution in [-0.4, -0.2) is 33.4 Å². The Balaban J connectivity index is 1.90. The van der Waals surface area contributed by atoms with E-state index < -0.39 is 16.5 Å². The van der Waals surface area contributed by atoms with E-state index in [9.17, 15) is 19.7 Å². The third-order valence-corrected chi connectivity index (χ3v) is 4.40. The van der Waals surface area contributed by atoms with Crippen LogP contribution in [-0.2, 0) is 11.3 Å². The van der Waals surface area contributed by atoms with Gasteiger partial charge in [0.25, 0.3) is 11.6 Å². The summed E-state index contributed by atoms with van der Waals surface area (Å²) < 4.78 is 5.66. The standard InChI is InChI=1S/C16H19N3O5/c1-10(2)24-13-5-4-12(19(22)23)8-11(13)9-18-14(20)16(6-3-7-16)17-15(18)21/h4-5,8,10H,3,6-7,9H2,1-2H3,(H,17,21). The summed E-state index contributed by atoms with van der Waals surface area (Å²) in [5, 5.41) is 13.8. The van der Waals surface area contributed by atoms with Gasteiger partial charge in [-0.05, 0) is 39.2 Å². The quantitative estimate of drug-likeness (QED) is 0.506. The average Bonchev–Trinajstić information content (AvgIpc) is 2.72. The molecule has 2 aliphatic rings. The van der Waals surface area contributed by atoms with Crippen LogP contribution in [0.4, 0.5) is 10.5 Å². The summed E-state index contributed by atoms with van der Waals surface area (Å²) in [6.45, 7) is 3.63. The molecule has 0 unspecified atom stereocenters. The summed E-state index contributed by atoms with van der Waals surface area (Å²) >= 11 is 0. The molecule has 1 saturated carbocycles. The number of carbonyl (C=O) groups excluding carboxylic acids is 2. The minimum Gasteiger partial charge on any atom is -0.491 e. The number of rotatable bonds is 5. The molecule has 0 radical (unpaired) electrons. The Hall–Kier alpha value is -2.64. The maximum atomic E-state index is 12.5. The van der Waals surface area contributed by atoms with E-state index >= 15 is 0 Å². The number of imide groups is 1. The molecule has 0 bridgehead atoms. The summed E-state index contributed by atoms with van der Waals surface area (Å²) in [7, 11) is 0. The predicted octanol–water partition coefficient (Wildman–Crippen LogP) is 2.36. The molecule has 0 aromatic heterocycles. The van der Waals surface area contributed by atoms with Gasteiger partial charge >= 0.3 is 6.03 Å². The van der Waals surface area contributed by atoms with Crippen LogP contribution in [0.25, 0.3) is 0 Å². The first-order valence-electron chi connectivity index (χ1n) is 7.90. The van der Waals surface area contributed by atoms with Crippen LogP contribution in [0, 0.1) is 10.1 Å². The number of amides is 3. The molecule has 1 spiro atoms. The lowest BCUT2D eigenvalue weighted by molar-refractivity contribution is -0.385. The molecule has 8 nitrogen and oxygen atoms in total. The van der Waals surface area contributed by atoms with Crippen molar-refractivity contribution in [3.05, 3.63) is 33.9 Å². The Kier molecular flexibility index (Phi) is 3.90. The molecule has 1 heterocycles. The number of urea groups is 1. The summed E-state index contributed by atoms with van der Waals surface area (Å²) in [5.74, 6) is 0.173. The monoisotopic (exact) mass is 333 g/mol. The summed E-state index contributed by atoms with van der Waals surface area (Å²) in [6, 6.07) is 3.75. The number of non-ortho nitro benzene ring substituents is 1. The first kappa shape index (κ1) is 16.2. The second kappa shape index (κ2) is 5.77. The minimum atomic E-state index is -0.767. The first-order valence-corrected chi connectivity index (χ1v) is 7.90. The van der Waals surface area contributed by atoms with Crippen molar-refractivity contribution >= 4 is 17.6 Å². The Labute approximate surface area is 138 Å². The van der Waals surface area contributed by atoms with Crippen molar-refractivity contribution in [3.8, 4) is 5.75 Å². The lowest BCUT2D eigenvalue weighted by Gasteiger charge is -2.34. The fraction of sp³-hybridized carbons (Fsp3) is 0.500. The molecule has 8 heteroatoms. The maximum Gasteiger partial charge on any atom is 0.325 e. The molecule has 2 fully saturated rings. The van der Waals surface area contributed by atoms with Gasteiger partial charge in [-0.15, -0.1) is 0 Å². The Bertz CT molecular complexity index is 712. The van der Waals surface area contributed by atoms with Gasteiger partial charge in [-0.3, -0.25) is 19.8 Å². The molecule has 0 atom stereocenters. The van der Waals surface area contributed by atoms with E-state index in [-0.39, 0.29) is 24.2 Å². The number of ether oxygens (including phenoxy) is 1. The fourth-order valence-corrected chi connectivity index (χ4v) is 3.03. The van der Waals surface area contributed by atoms with Crippen molar-refractivity contribution in [3.63, 3.8) is 0 Å². The van der Waals surface area contributed by atoms with E-state index in [1.165, 1.54) is 18.2 Å². The zero-order valence-corrected chi connectivity index (χ0v) is 13.6. The molecule has 3 amide bonds. The third kappa shape index (κ3) is 2.68. The van der Waals surface area contributed by atoms with Gasteiger partial charge in [0.15, 0.2) is 0 Å². The van der Waals surface area contributed by atoms with Gasteiger partial charge in [-0.2, -0.15) is 0 Å². The molecule has 24 heavy (non-hydrogen) atoms. The van der Waals surface area contributed by atoms with Gasteiger partial charge < -0.3 is 10.1 Å². The second-order valence-electron chi connectivity index (χ2n) is 6.47. The van der Waals surface area contributed by atoms with Crippen molar-refractivity contribution < 1.29 is 19.2 Å². The molecule has 128 valence electrons. The number of nitro groups is 1. The number of nitro benzene ring substituents is 1. The number of benzene rings is 1. The van der Waals surface area contributed by atoms with Crippen LogP contribution < -0.4 is 10.1 Å². The van der Waals surface area contributed by atoms with Gasteiger partial charge in [-0.25, -0.2) is 4.79 Å². The van der Waals surface area contributed by atoms with Gasteiger partial charge in [-0.1, -0.05) is 0 Å².